The lowest BCUT2D eigenvalue weighted by Crippen LogP contribution is -1.90. The third-order valence-corrected chi connectivity index (χ3v) is 5.38. The number of rotatable bonds is 7. The fraction of sp³-hybridized carbons (Fsp3) is 0.500. The van der Waals surface area contributed by atoms with Crippen LogP contribution >= 0.6 is 46.8 Å². The quantitative estimate of drug-likeness (QED) is 0.305. The van der Waals surface area contributed by atoms with Crippen LogP contribution in [0.15, 0.2) is 50.6 Å². The Bertz CT molecular complexity index is 221. The lowest BCUT2D eigenvalue weighted by atomic mass is 10.5. The zero-order valence-electron chi connectivity index (χ0n) is 13.2. The molecule has 0 radical (unpaired) electrons. The van der Waals surface area contributed by atoms with E-state index in [4.69, 9.17) is 0 Å². The molecular formula is C16H30S4. The molecule has 4 atom stereocenters. The van der Waals surface area contributed by atoms with Gasteiger partial charge in [-0.25, -0.2) is 0 Å². The molecule has 0 N–H and O–H groups in total. The summed E-state index contributed by atoms with van der Waals surface area (Å²) >= 11 is 7.96. The van der Waals surface area contributed by atoms with E-state index in [1.807, 2.05) is 47.6 Å². The summed E-state index contributed by atoms with van der Waals surface area (Å²) in [5.74, 6) is 0. The maximum absolute atomic E-state index is 3.98. The predicted octanol–water partition coefficient (Wildman–Crippen LogP) is 6.50. The van der Waals surface area contributed by atoms with Gasteiger partial charge in [-0.05, 0) is 13.8 Å². The molecule has 0 nitrogen and oxygen atoms in total. The number of hydrogen-bond donors (Lipinski definition) is 2. The molecule has 0 fully saturated rings. The van der Waals surface area contributed by atoms with Crippen LogP contribution in [0.25, 0.3) is 0 Å². The minimum Gasteiger partial charge on any atom is -0.172 e. The molecule has 0 saturated carbocycles. The molecule has 0 aliphatic heterocycles. The van der Waals surface area contributed by atoms with Crippen molar-refractivity contribution in [3.63, 3.8) is 0 Å². The van der Waals surface area contributed by atoms with Gasteiger partial charge >= 0.3 is 0 Å². The Kier molecular flexibility index (Phi) is 24.5. The molecule has 0 saturated heterocycles. The molecule has 0 amide bonds. The topological polar surface area (TPSA) is 0 Å². The van der Waals surface area contributed by atoms with Gasteiger partial charge in [-0.1, -0.05) is 59.7 Å². The van der Waals surface area contributed by atoms with Gasteiger partial charge in [-0.3, -0.25) is 0 Å². The monoisotopic (exact) mass is 350 g/mol. The second-order valence-electron chi connectivity index (χ2n) is 4.03. The Balaban J connectivity index is -0.000000244. The van der Waals surface area contributed by atoms with Gasteiger partial charge in [-0.2, -0.15) is 25.3 Å². The SMILES string of the molecule is C=CC(C)S.C=CC(C)S.C=CC(C)SSC(C)C=C. The summed E-state index contributed by atoms with van der Waals surface area (Å²) < 4.78 is 0. The first-order valence-electron chi connectivity index (χ1n) is 6.43. The second kappa shape index (κ2) is 19.4. The molecule has 0 heterocycles. The summed E-state index contributed by atoms with van der Waals surface area (Å²) in [6, 6.07) is 0. The molecule has 0 bridgehead atoms. The van der Waals surface area contributed by atoms with Crippen molar-refractivity contribution in [3.05, 3.63) is 50.6 Å². The fourth-order valence-electron chi connectivity index (χ4n) is 0.254. The molecule has 20 heavy (non-hydrogen) atoms. The van der Waals surface area contributed by atoms with Crippen molar-refractivity contribution in [1.29, 1.82) is 0 Å². The van der Waals surface area contributed by atoms with Crippen molar-refractivity contribution in [2.75, 3.05) is 0 Å². The minimum atomic E-state index is 0.343. The molecule has 4 heteroatoms. The van der Waals surface area contributed by atoms with E-state index in [2.05, 4.69) is 65.4 Å². The highest BCUT2D eigenvalue weighted by Crippen LogP contribution is 2.31. The Morgan fingerprint density at radius 2 is 0.850 bits per heavy atom. The predicted molar refractivity (Wildman–Crippen MR) is 112 cm³/mol. The van der Waals surface area contributed by atoms with Crippen LogP contribution in [-0.4, -0.2) is 21.0 Å². The Hall–Kier alpha value is 0.360. The summed E-state index contributed by atoms with van der Waals surface area (Å²) in [6.07, 6.45) is 7.47. The Morgan fingerprint density at radius 1 is 0.650 bits per heavy atom. The highest BCUT2D eigenvalue weighted by atomic mass is 33.1. The van der Waals surface area contributed by atoms with Crippen molar-refractivity contribution < 1.29 is 0 Å². The zero-order valence-corrected chi connectivity index (χ0v) is 16.6. The van der Waals surface area contributed by atoms with Crippen molar-refractivity contribution in [1.82, 2.24) is 0 Å². The van der Waals surface area contributed by atoms with Gasteiger partial charge in [0.2, 0.25) is 0 Å². The van der Waals surface area contributed by atoms with Crippen molar-refractivity contribution in [2.45, 2.75) is 48.7 Å². The van der Waals surface area contributed by atoms with E-state index in [1.54, 1.807) is 12.2 Å². The van der Waals surface area contributed by atoms with Crippen molar-refractivity contribution >= 4 is 46.8 Å². The van der Waals surface area contributed by atoms with Gasteiger partial charge in [0.15, 0.2) is 0 Å². The summed E-state index contributed by atoms with van der Waals surface area (Å²) in [5, 5.41) is 1.75. The smallest absolute Gasteiger partial charge is 0.0300 e. The summed E-state index contributed by atoms with van der Waals surface area (Å²) in [7, 11) is 3.67. The average Bonchev–Trinajstić information content (AvgIpc) is 2.45. The zero-order chi connectivity index (χ0) is 16.6. The number of thiol groups is 2. The highest BCUT2D eigenvalue weighted by Gasteiger charge is 2.00. The minimum absolute atomic E-state index is 0.343. The van der Waals surface area contributed by atoms with Crippen LogP contribution in [0.3, 0.4) is 0 Å². The molecule has 0 aliphatic rings. The van der Waals surface area contributed by atoms with Gasteiger partial charge < -0.3 is 0 Å². The molecule has 0 aliphatic carbocycles. The van der Waals surface area contributed by atoms with E-state index in [0.29, 0.717) is 21.0 Å². The average molecular weight is 351 g/mol. The van der Waals surface area contributed by atoms with Gasteiger partial charge in [0.05, 0.1) is 0 Å². The van der Waals surface area contributed by atoms with E-state index >= 15 is 0 Å². The molecular weight excluding hydrogens is 320 g/mol. The van der Waals surface area contributed by atoms with E-state index in [0.717, 1.165) is 0 Å². The first-order valence-corrected chi connectivity index (χ1v) is 9.74. The number of hydrogen-bond acceptors (Lipinski definition) is 4. The first-order chi connectivity index (χ1) is 9.24. The summed E-state index contributed by atoms with van der Waals surface area (Å²) in [5.41, 5.74) is 0. The van der Waals surface area contributed by atoms with Crippen LogP contribution < -0.4 is 0 Å². The van der Waals surface area contributed by atoms with E-state index in [1.165, 1.54) is 0 Å². The third-order valence-electron chi connectivity index (χ3n) is 1.71. The lowest BCUT2D eigenvalue weighted by Gasteiger charge is -2.06. The molecule has 4 unspecified atom stereocenters. The largest absolute Gasteiger partial charge is 0.172 e. The normalized spacial score (nSPS) is 14.9. The van der Waals surface area contributed by atoms with Crippen molar-refractivity contribution in [3.8, 4) is 0 Å². The van der Waals surface area contributed by atoms with Crippen molar-refractivity contribution in [2.24, 2.45) is 0 Å². The van der Waals surface area contributed by atoms with Gasteiger partial charge in [0, 0.05) is 21.0 Å². The van der Waals surface area contributed by atoms with Gasteiger partial charge in [0.1, 0.15) is 0 Å². The Morgan fingerprint density at radius 3 is 0.950 bits per heavy atom. The maximum atomic E-state index is 3.98. The van der Waals surface area contributed by atoms with Crippen LogP contribution in [0.5, 0.6) is 0 Å². The van der Waals surface area contributed by atoms with E-state index in [9.17, 15) is 0 Å². The van der Waals surface area contributed by atoms with Crippen LogP contribution in [0.4, 0.5) is 0 Å². The lowest BCUT2D eigenvalue weighted by molar-refractivity contribution is 1.25. The summed E-state index contributed by atoms with van der Waals surface area (Å²) in [4.78, 5) is 0. The van der Waals surface area contributed by atoms with Crippen LogP contribution in [0.1, 0.15) is 27.7 Å². The van der Waals surface area contributed by atoms with Crippen LogP contribution in [0.2, 0.25) is 0 Å². The summed E-state index contributed by atoms with van der Waals surface area (Å²) in [6.45, 7) is 22.6. The molecule has 0 aromatic heterocycles. The first kappa shape index (κ1) is 25.3. The third kappa shape index (κ3) is 31.0. The second-order valence-corrected chi connectivity index (χ2v) is 8.68. The van der Waals surface area contributed by atoms with Crippen LogP contribution in [-0.2, 0) is 0 Å². The molecule has 0 aromatic carbocycles. The molecule has 118 valence electrons. The van der Waals surface area contributed by atoms with Crippen LogP contribution in [0, 0.1) is 0 Å². The molecule has 0 spiro atoms. The molecule has 0 aromatic rings. The standard InChI is InChI=1S/C8H14S2.2C4H8S/c1-5-7(3)9-10-8(4)6-2;2*1-3-4(2)5/h5-8H,1-2H2,3-4H3;2*3-5H,1H2,2H3. The maximum Gasteiger partial charge on any atom is 0.0300 e. The highest BCUT2D eigenvalue weighted by molar-refractivity contribution is 8.77. The van der Waals surface area contributed by atoms with Gasteiger partial charge in [0.25, 0.3) is 0 Å². The van der Waals surface area contributed by atoms with Gasteiger partial charge in [-0.15, -0.1) is 26.3 Å². The van der Waals surface area contributed by atoms with E-state index in [-0.39, 0.29) is 0 Å². The Labute approximate surface area is 145 Å². The van der Waals surface area contributed by atoms with E-state index < -0.39 is 0 Å². The molecule has 0 rings (SSSR count). The fourth-order valence-corrected chi connectivity index (χ4v) is 2.28.